The molecule has 0 radical (unpaired) electrons. The second-order valence-electron chi connectivity index (χ2n) is 6.43. The van der Waals surface area contributed by atoms with Crippen LogP contribution in [0.2, 0.25) is 0 Å². The highest BCUT2D eigenvalue weighted by Crippen LogP contribution is 2.27. The Morgan fingerprint density at radius 2 is 2.24 bits per heavy atom. The number of ether oxygens (including phenoxy) is 1. The van der Waals surface area contributed by atoms with Crippen molar-refractivity contribution in [3.05, 3.63) is 18.2 Å². The van der Waals surface area contributed by atoms with Crippen molar-refractivity contribution in [3.63, 3.8) is 0 Å². The first kappa shape index (κ1) is 14.6. The fourth-order valence-corrected chi connectivity index (χ4v) is 3.44. The fourth-order valence-electron chi connectivity index (χ4n) is 3.44. The molecule has 0 spiro atoms. The lowest BCUT2D eigenvalue weighted by Crippen LogP contribution is -2.45. The number of carbonyl (C=O) groups is 1. The van der Waals surface area contributed by atoms with Crippen molar-refractivity contribution in [2.24, 2.45) is 0 Å². The smallest absolute Gasteiger partial charge is 0.251 e. The summed E-state index contributed by atoms with van der Waals surface area (Å²) in [6.45, 7) is 6.70. The van der Waals surface area contributed by atoms with Gasteiger partial charge in [-0.2, -0.15) is 0 Å². The summed E-state index contributed by atoms with van der Waals surface area (Å²) < 4.78 is 7.81. The molecule has 0 saturated carbocycles. The van der Waals surface area contributed by atoms with Gasteiger partial charge in [-0.25, -0.2) is 4.98 Å². The second-order valence-corrected chi connectivity index (χ2v) is 6.43. The number of aromatic nitrogens is 2. The number of carbonyl (C=O) groups excluding carboxylic acids is 1. The van der Waals surface area contributed by atoms with E-state index in [0.717, 1.165) is 51.2 Å². The van der Waals surface area contributed by atoms with Crippen molar-refractivity contribution in [1.82, 2.24) is 14.5 Å². The van der Waals surface area contributed by atoms with Gasteiger partial charge in [0.05, 0.1) is 6.04 Å². The van der Waals surface area contributed by atoms with Crippen molar-refractivity contribution >= 4 is 5.91 Å². The third kappa shape index (κ3) is 2.98. The van der Waals surface area contributed by atoms with E-state index < -0.39 is 0 Å². The molecular weight excluding hydrogens is 266 g/mol. The zero-order chi connectivity index (χ0) is 14.8. The van der Waals surface area contributed by atoms with Gasteiger partial charge < -0.3 is 14.2 Å². The normalized spacial score (nSPS) is 26.5. The molecule has 3 heterocycles. The lowest BCUT2D eigenvalue weighted by atomic mass is 10.0. The van der Waals surface area contributed by atoms with Crippen molar-refractivity contribution in [2.75, 3.05) is 19.7 Å². The Bertz CT molecular complexity index is 491. The van der Waals surface area contributed by atoms with Gasteiger partial charge >= 0.3 is 0 Å². The molecule has 0 unspecified atom stereocenters. The average molecular weight is 291 g/mol. The molecule has 0 aromatic carbocycles. The Labute approximate surface area is 126 Å². The molecule has 2 atom stereocenters. The van der Waals surface area contributed by atoms with E-state index in [9.17, 15) is 4.79 Å². The number of piperidine rings is 1. The molecule has 116 valence electrons. The summed E-state index contributed by atoms with van der Waals surface area (Å²) >= 11 is 0. The number of nitrogens with zero attached hydrogens (tertiary/aromatic N) is 3. The summed E-state index contributed by atoms with van der Waals surface area (Å²) in [6.07, 6.45) is 7.78. The molecule has 1 aromatic heterocycles. The standard InChI is InChI=1S/C16H25N3O2/c1-12(2)15-17-7-9-19(15)13-5-3-8-18(11-13)16(20)14-6-4-10-21-14/h7,9,12-14H,3-6,8,10-11H2,1-2H3/t13-,14-/m1/s1. The number of imidazole rings is 1. The molecule has 1 amide bonds. The summed E-state index contributed by atoms with van der Waals surface area (Å²) in [5.41, 5.74) is 0. The van der Waals surface area contributed by atoms with Crippen LogP contribution in [0.4, 0.5) is 0 Å². The lowest BCUT2D eigenvalue weighted by Gasteiger charge is -2.35. The second kappa shape index (κ2) is 6.18. The van der Waals surface area contributed by atoms with Crippen molar-refractivity contribution in [2.45, 2.75) is 57.6 Å². The first-order chi connectivity index (χ1) is 10.2. The average Bonchev–Trinajstić information content (AvgIpc) is 3.17. The Morgan fingerprint density at radius 1 is 1.38 bits per heavy atom. The molecule has 2 aliphatic heterocycles. The molecular formula is C16H25N3O2. The van der Waals surface area contributed by atoms with Crippen LogP contribution in [-0.2, 0) is 9.53 Å². The molecule has 5 heteroatoms. The van der Waals surface area contributed by atoms with Gasteiger partial charge in [0.1, 0.15) is 11.9 Å². The van der Waals surface area contributed by atoms with Gasteiger partial charge in [-0.1, -0.05) is 13.8 Å². The zero-order valence-corrected chi connectivity index (χ0v) is 13.0. The van der Waals surface area contributed by atoms with E-state index in [0.29, 0.717) is 12.0 Å². The summed E-state index contributed by atoms with van der Waals surface area (Å²) in [5, 5.41) is 0. The number of hydrogen-bond donors (Lipinski definition) is 0. The van der Waals surface area contributed by atoms with E-state index in [1.54, 1.807) is 0 Å². The molecule has 2 saturated heterocycles. The number of amides is 1. The van der Waals surface area contributed by atoms with E-state index in [1.807, 2.05) is 11.1 Å². The monoisotopic (exact) mass is 291 g/mol. The summed E-state index contributed by atoms with van der Waals surface area (Å²) in [6, 6.07) is 0.351. The molecule has 2 fully saturated rings. The first-order valence-electron chi connectivity index (χ1n) is 8.10. The maximum atomic E-state index is 12.5. The molecule has 2 aliphatic rings. The van der Waals surface area contributed by atoms with Gasteiger partial charge in [0.25, 0.3) is 5.91 Å². The van der Waals surface area contributed by atoms with Crippen LogP contribution >= 0.6 is 0 Å². The van der Waals surface area contributed by atoms with Crippen molar-refractivity contribution < 1.29 is 9.53 Å². The molecule has 3 rings (SSSR count). The van der Waals surface area contributed by atoms with Gasteiger partial charge in [0, 0.05) is 38.0 Å². The Morgan fingerprint density at radius 3 is 2.95 bits per heavy atom. The highest BCUT2D eigenvalue weighted by Gasteiger charge is 2.32. The maximum absolute atomic E-state index is 12.5. The predicted molar refractivity (Wildman–Crippen MR) is 80.1 cm³/mol. The highest BCUT2D eigenvalue weighted by molar-refractivity contribution is 5.81. The molecule has 5 nitrogen and oxygen atoms in total. The predicted octanol–water partition coefficient (Wildman–Crippen LogP) is 2.35. The largest absolute Gasteiger partial charge is 0.368 e. The molecule has 0 bridgehead atoms. The summed E-state index contributed by atoms with van der Waals surface area (Å²) in [4.78, 5) is 19.0. The van der Waals surface area contributed by atoms with Crippen LogP contribution in [0.5, 0.6) is 0 Å². The summed E-state index contributed by atoms with van der Waals surface area (Å²) in [5.74, 6) is 1.71. The Kier molecular flexibility index (Phi) is 4.29. The van der Waals surface area contributed by atoms with Crippen molar-refractivity contribution in [1.29, 1.82) is 0 Å². The lowest BCUT2D eigenvalue weighted by molar-refractivity contribution is -0.142. The minimum Gasteiger partial charge on any atom is -0.368 e. The van der Waals surface area contributed by atoms with E-state index in [-0.39, 0.29) is 12.0 Å². The first-order valence-corrected chi connectivity index (χ1v) is 8.10. The quantitative estimate of drug-likeness (QED) is 0.859. The van der Waals surface area contributed by atoms with Gasteiger partial charge in [0.15, 0.2) is 0 Å². The number of hydrogen-bond acceptors (Lipinski definition) is 3. The van der Waals surface area contributed by atoms with Crippen molar-refractivity contribution in [3.8, 4) is 0 Å². The Balaban J connectivity index is 1.70. The minimum absolute atomic E-state index is 0.184. The van der Waals surface area contributed by atoms with Crippen LogP contribution in [0.15, 0.2) is 12.4 Å². The van der Waals surface area contributed by atoms with Gasteiger partial charge in [0.2, 0.25) is 0 Å². The van der Waals surface area contributed by atoms with Crippen LogP contribution in [0.3, 0.4) is 0 Å². The van der Waals surface area contributed by atoms with Crippen LogP contribution < -0.4 is 0 Å². The minimum atomic E-state index is -0.198. The number of rotatable bonds is 3. The summed E-state index contributed by atoms with van der Waals surface area (Å²) in [7, 11) is 0. The van der Waals surface area contributed by atoms with Gasteiger partial charge in [-0.15, -0.1) is 0 Å². The number of likely N-dealkylation sites (tertiary alicyclic amines) is 1. The van der Waals surface area contributed by atoms with E-state index in [1.165, 1.54) is 0 Å². The van der Waals surface area contributed by atoms with Crippen LogP contribution in [0, 0.1) is 0 Å². The maximum Gasteiger partial charge on any atom is 0.251 e. The van der Waals surface area contributed by atoms with Gasteiger partial charge in [-0.3, -0.25) is 4.79 Å². The fraction of sp³-hybridized carbons (Fsp3) is 0.750. The third-order valence-corrected chi connectivity index (χ3v) is 4.52. The van der Waals surface area contributed by atoms with Crippen LogP contribution in [0.25, 0.3) is 0 Å². The zero-order valence-electron chi connectivity index (χ0n) is 13.0. The van der Waals surface area contributed by atoms with E-state index in [2.05, 4.69) is 29.6 Å². The van der Waals surface area contributed by atoms with Gasteiger partial charge in [-0.05, 0) is 25.7 Å². The Hall–Kier alpha value is -1.36. The van der Waals surface area contributed by atoms with Crippen LogP contribution in [0.1, 0.15) is 57.3 Å². The SMILES string of the molecule is CC(C)c1nccn1[C@@H]1CCCN(C(=O)[C@H]2CCCO2)C1. The third-order valence-electron chi connectivity index (χ3n) is 4.52. The molecule has 0 aliphatic carbocycles. The van der Waals surface area contributed by atoms with E-state index in [4.69, 9.17) is 4.74 Å². The van der Waals surface area contributed by atoms with E-state index >= 15 is 0 Å². The molecule has 0 N–H and O–H groups in total. The highest BCUT2D eigenvalue weighted by atomic mass is 16.5. The molecule has 1 aromatic rings. The molecule has 21 heavy (non-hydrogen) atoms. The topological polar surface area (TPSA) is 47.4 Å². The van der Waals surface area contributed by atoms with Crippen LogP contribution in [-0.4, -0.2) is 46.2 Å².